The Hall–Kier alpha value is -3.74. The van der Waals surface area contributed by atoms with Crippen molar-refractivity contribution in [3.63, 3.8) is 0 Å². The van der Waals surface area contributed by atoms with Crippen LogP contribution in [0.4, 0.5) is 0 Å². The molecule has 0 saturated carbocycles. The summed E-state index contributed by atoms with van der Waals surface area (Å²) in [5, 5.41) is 0. The number of rotatable bonds is 6. The van der Waals surface area contributed by atoms with E-state index in [-0.39, 0.29) is 12.4 Å². The Morgan fingerprint density at radius 1 is 1.07 bits per heavy atom. The lowest BCUT2D eigenvalue weighted by Gasteiger charge is -2.08. The van der Waals surface area contributed by atoms with Crippen LogP contribution in [0.15, 0.2) is 59.5 Å². The van der Waals surface area contributed by atoms with Gasteiger partial charge in [0.2, 0.25) is 5.78 Å². The van der Waals surface area contributed by atoms with Crippen molar-refractivity contribution >= 4 is 22.8 Å². The number of furan rings is 1. The van der Waals surface area contributed by atoms with Gasteiger partial charge in [-0.2, -0.15) is 0 Å². The third-order valence-corrected chi connectivity index (χ3v) is 4.81. The van der Waals surface area contributed by atoms with E-state index in [1.807, 2.05) is 30.5 Å². The monoisotopic (exact) mass is 389 g/mol. The minimum Gasteiger partial charge on any atom is -0.467 e. The third kappa shape index (κ3) is 3.80. The number of aromatic nitrogens is 3. The summed E-state index contributed by atoms with van der Waals surface area (Å²) in [5.41, 5.74) is 3.88. The first-order valence-corrected chi connectivity index (χ1v) is 9.13. The average molecular weight is 389 g/mol. The second kappa shape index (κ2) is 7.71. The first kappa shape index (κ1) is 18.6. The molecular formula is C22H19N3O4. The van der Waals surface area contributed by atoms with Crippen molar-refractivity contribution in [1.29, 1.82) is 0 Å². The normalized spacial score (nSPS) is 11.0. The fourth-order valence-electron chi connectivity index (χ4n) is 3.27. The number of nitrogens with zero attached hydrogens (tertiary/aromatic N) is 3. The van der Waals surface area contributed by atoms with E-state index in [9.17, 15) is 9.59 Å². The number of carbonyl (C=O) groups is 2. The van der Waals surface area contributed by atoms with Crippen molar-refractivity contribution in [1.82, 2.24) is 14.5 Å². The summed E-state index contributed by atoms with van der Waals surface area (Å²) < 4.78 is 12.6. The second-order valence-electron chi connectivity index (χ2n) is 6.71. The van der Waals surface area contributed by atoms with Crippen LogP contribution in [0.3, 0.4) is 0 Å². The standard InChI is InChI=1S/C22H19N3O4/c1-14-10-18(15(2)25(14)12-17-4-3-9-28-17)21(26)13-29-22(27)16-5-6-19-20(11-16)24-8-7-23-19/h3-11H,12-13H2,1-2H3. The summed E-state index contributed by atoms with van der Waals surface area (Å²) in [4.78, 5) is 33.3. The maximum Gasteiger partial charge on any atom is 0.338 e. The number of Topliss-reactive ketones (excluding diaryl/α,β-unsaturated/α-hetero) is 1. The third-order valence-electron chi connectivity index (χ3n) is 4.81. The van der Waals surface area contributed by atoms with Crippen LogP contribution in [-0.4, -0.2) is 32.9 Å². The lowest BCUT2D eigenvalue weighted by molar-refractivity contribution is 0.0474. The lowest BCUT2D eigenvalue weighted by Crippen LogP contribution is -2.15. The highest BCUT2D eigenvalue weighted by molar-refractivity contribution is 6.01. The molecule has 0 bridgehead atoms. The van der Waals surface area contributed by atoms with E-state index in [1.54, 1.807) is 42.9 Å². The molecule has 0 atom stereocenters. The van der Waals surface area contributed by atoms with Gasteiger partial charge in [0, 0.05) is 29.3 Å². The quantitative estimate of drug-likeness (QED) is 0.369. The predicted molar refractivity (Wildman–Crippen MR) is 106 cm³/mol. The van der Waals surface area contributed by atoms with E-state index >= 15 is 0 Å². The summed E-state index contributed by atoms with van der Waals surface area (Å²) in [6, 6.07) is 10.4. The largest absolute Gasteiger partial charge is 0.467 e. The number of hydrogen-bond donors (Lipinski definition) is 0. The summed E-state index contributed by atoms with van der Waals surface area (Å²) in [7, 11) is 0. The Bertz CT molecular complexity index is 1190. The fourth-order valence-corrected chi connectivity index (χ4v) is 3.27. The molecule has 0 fully saturated rings. The number of fused-ring (bicyclic) bond motifs is 1. The molecule has 29 heavy (non-hydrogen) atoms. The van der Waals surface area contributed by atoms with Crippen molar-refractivity contribution in [3.05, 3.63) is 83.3 Å². The molecule has 0 saturated heterocycles. The van der Waals surface area contributed by atoms with Crippen LogP contribution in [0.5, 0.6) is 0 Å². The highest BCUT2D eigenvalue weighted by atomic mass is 16.5. The number of hydrogen-bond acceptors (Lipinski definition) is 6. The molecule has 146 valence electrons. The highest BCUT2D eigenvalue weighted by Gasteiger charge is 2.18. The Balaban J connectivity index is 1.45. The second-order valence-corrected chi connectivity index (χ2v) is 6.71. The molecule has 7 nitrogen and oxygen atoms in total. The van der Waals surface area contributed by atoms with Gasteiger partial charge in [-0.25, -0.2) is 4.79 Å². The molecule has 3 aromatic heterocycles. The van der Waals surface area contributed by atoms with Gasteiger partial charge in [0.15, 0.2) is 6.61 Å². The van der Waals surface area contributed by atoms with Gasteiger partial charge < -0.3 is 13.7 Å². The molecule has 0 aliphatic heterocycles. The molecule has 0 radical (unpaired) electrons. The summed E-state index contributed by atoms with van der Waals surface area (Å²) >= 11 is 0. The van der Waals surface area contributed by atoms with Crippen LogP contribution in [0.2, 0.25) is 0 Å². The number of ketones is 1. The predicted octanol–water partition coefficient (Wildman–Crippen LogP) is 3.73. The Labute approximate surface area is 167 Å². The zero-order valence-electron chi connectivity index (χ0n) is 16.1. The zero-order valence-corrected chi connectivity index (χ0v) is 16.1. The van der Waals surface area contributed by atoms with Gasteiger partial charge in [0.25, 0.3) is 0 Å². The Morgan fingerprint density at radius 2 is 1.86 bits per heavy atom. The van der Waals surface area contributed by atoms with Crippen molar-refractivity contribution in [2.45, 2.75) is 20.4 Å². The van der Waals surface area contributed by atoms with Gasteiger partial charge in [-0.3, -0.25) is 14.8 Å². The molecule has 0 aliphatic rings. The van der Waals surface area contributed by atoms with E-state index < -0.39 is 5.97 Å². The molecular weight excluding hydrogens is 370 g/mol. The Kier molecular flexibility index (Phi) is 4.95. The number of aryl methyl sites for hydroxylation is 1. The van der Waals surface area contributed by atoms with Gasteiger partial charge in [-0.05, 0) is 50.2 Å². The molecule has 0 N–H and O–H groups in total. The van der Waals surface area contributed by atoms with Crippen LogP contribution in [0.1, 0.15) is 37.9 Å². The topological polar surface area (TPSA) is 87.2 Å². The van der Waals surface area contributed by atoms with E-state index in [0.717, 1.165) is 17.1 Å². The molecule has 1 aromatic carbocycles. The molecule has 3 heterocycles. The molecule has 4 rings (SSSR count). The molecule has 7 heteroatoms. The molecule has 0 amide bonds. The zero-order chi connectivity index (χ0) is 20.4. The maximum atomic E-state index is 12.6. The minimum atomic E-state index is -0.574. The van der Waals surface area contributed by atoms with Crippen molar-refractivity contribution in [2.24, 2.45) is 0 Å². The van der Waals surface area contributed by atoms with Gasteiger partial charge in [-0.15, -0.1) is 0 Å². The van der Waals surface area contributed by atoms with E-state index in [0.29, 0.717) is 28.7 Å². The first-order chi connectivity index (χ1) is 14.0. The van der Waals surface area contributed by atoms with Crippen molar-refractivity contribution < 1.29 is 18.7 Å². The number of esters is 1. The van der Waals surface area contributed by atoms with Crippen LogP contribution >= 0.6 is 0 Å². The van der Waals surface area contributed by atoms with Crippen LogP contribution in [-0.2, 0) is 11.3 Å². The maximum absolute atomic E-state index is 12.6. The van der Waals surface area contributed by atoms with Crippen molar-refractivity contribution in [3.8, 4) is 0 Å². The van der Waals surface area contributed by atoms with Gasteiger partial charge in [-0.1, -0.05) is 0 Å². The molecule has 4 aromatic rings. The summed E-state index contributed by atoms with van der Waals surface area (Å²) in [6.45, 7) is 4.00. The molecule has 0 spiro atoms. The SMILES string of the molecule is Cc1cc(C(=O)COC(=O)c2ccc3nccnc3c2)c(C)n1Cc1ccco1. The van der Waals surface area contributed by atoms with Gasteiger partial charge >= 0.3 is 5.97 Å². The van der Waals surface area contributed by atoms with E-state index in [2.05, 4.69) is 9.97 Å². The average Bonchev–Trinajstić information content (AvgIpc) is 3.35. The molecule has 0 unspecified atom stereocenters. The summed E-state index contributed by atoms with van der Waals surface area (Å²) in [5.74, 6) is -0.0235. The van der Waals surface area contributed by atoms with E-state index in [1.165, 1.54) is 0 Å². The highest BCUT2D eigenvalue weighted by Crippen LogP contribution is 2.19. The number of benzene rings is 1. The van der Waals surface area contributed by atoms with Crippen LogP contribution in [0, 0.1) is 13.8 Å². The lowest BCUT2D eigenvalue weighted by atomic mass is 10.1. The smallest absolute Gasteiger partial charge is 0.338 e. The fraction of sp³-hybridized carbons (Fsp3) is 0.182. The van der Waals surface area contributed by atoms with Crippen LogP contribution < -0.4 is 0 Å². The van der Waals surface area contributed by atoms with Gasteiger partial charge in [0.05, 0.1) is 29.4 Å². The van der Waals surface area contributed by atoms with Crippen LogP contribution in [0.25, 0.3) is 11.0 Å². The minimum absolute atomic E-state index is 0.252. The van der Waals surface area contributed by atoms with Gasteiger partial charge in [0.1, 0.15) is 5.76 Å². The molecule has 0 aliphatic carbocycles. The number of ether oxygens (including phenoxy) is 1. The first-order valence-electron chi connectivity index (χ1n) is 9.13. The van der Waals surface area contributed by atoms with E-state index in [4.69, 9.17) is 9.15 Å². The number of carbonyl (C=O) groups excluding carboxylic acids is 2. The van der Waals surface area contributed by atoms with Crippen molar-refractivity contribution in [2.75, 3.05) is 6.61 Å². The summed E-state index contributed by atoms with van der Waals surface area (Å²) in [6.07, 6.45) is 4.76. The Morgan fingerprint density at radius 3 is 2.62 bits per heavy atom.